The van der Waals surface area contributed by atoms with Crippen molar-refractivity contribution in [3.63, 3.8) is 0 Å². The fourth-order valence-corrected chi connectivity index (χ4v) is 4.41. The van der Waals surface area contributed by atoms with Crippen LogP contribution in [-0.2, 0) is 22.7 Å². The molecule has 0 bridgehead atoms. The van der Waals surface area contributed by atoms with E-state index < -0.39 is 6.04 Å². The number of anilines is 1. The maximum atomic E-state index is 14.1. The van der Waals surface area contributed by atoms with Crippen LogP contribution in [0.2, 0.25) is 0 Å². The number of para-hydroxylation sites is 1. The highest BCUT2D eigenvalue weighted by Crippen LogP contribution is 2.30. The van der Waals surface area contributed by atoms with Gasteiger partial charge in [0.25, 0.3) is 0 Å². The smallest absolute Gasteiger partial charge is 0.249 e. The molecule has 3 heterocycles. The van der Waals surface area contributed by atoms with Crippen LogP contribution in [0, 0.1) is 13.8 Å². The van der Waals surface area contributed by atoms with Gasteiger partial charge in [0.1, 0.15) is 23.9 Å². The normalized spacial score (nSPS) is 11.8. The van der Waals surface area contributed by atoms with Gasteiger partial charge in [-0.3, -0.25) is 19.5 Å². The van der Waals surface area contributed by atoms with Gasteiger partial charge in [-0.1, -0.05) is 23.4 Å². The molecule has 0 saturated carbocycles. The molecule has 9 nitrogen and oxygen atoms in total. The maximum Gasteiger partial charge on any atom is 0.249 e. The summed E-state index contributed by atoms with van der Waals surface area (Å²) in [6.45, 7) is 4.02. The molecule has 5 aromatic rings. The Morgan fingerprint density at radius 1 is 1.00 bits per heavy atom. The van der Waals surface area contributed by atoms with Gasteiger partial charge in [0.05, 0.1) is 18.3 Å². The predicted octanol–water partition coefficient (Wildman–Crippen LogP) is 4.13. The van der Waals surface area contributed by atoms with Gasteiger partial charge in [0.2, 0.25) is 11.8 Å². The maximum absolute atomic E-state index is 14.1. The minimum absolute atomic E-state index is 0.0967. The third kappa shape index (κ3) is 5.25. The number of hydrogen-bond acceptors (Lipinski definition) is 6. The Bertz CT molecular complexity index is 1510. The highest BCUT2D eigenvalue weighted by molar-refractivity contribution is 6.01. The van der Waals surface area contributed by atoms with Crippen LogP contribution in [0.15, 0.2) is 89.8 Å². The number of aromatic nitrogens is 4. The molecule has 0 unspecified atom stereocenters. The molecule has 186 valence electrons. The summed E-state index contributed by atoms with van der Waals surface area (Å²) >= 11 is 0. The van der Waals surface area contributed by atoms with Gasteiger partial charge >= 0.3 is 0 Å². The fraction of sp³-hybridized carbons (Fsp3) is 0.179. The van der Waals surface area contributed by atoms with Gasteiger partial charge in [-0.15, -0.1) is 5.10 Å². The number of hydrogen-bond donors (Lipinski definition) is 1. The first kappa shape index (κ1) is 23.9. The van der Waals surface area contributed by atoms with Gasteiger partial charge < -0.3 is 9.73 Å². The zero-order valence-electron chi connectivity index (χ0n) is 20.5. The third-order valence-corrected chi connectivity index (χ3v) is 6.00. The Morgan fingerprint density at radius 2 is 1.76 bits per heavy atom. The van der Waals surface area contributed by atoms with Crippen LogP contribution >= 0.6 is 0 Å². The fourth-order valence-electron chi connectivity index (χ4n) is 4.41. The van der Waals surface area contributed by atoms with E-state index in [2.05, 4.69) is 20.6 Å². The Hall–Kier alpha value is -4.79. The van der Waals surface area contributed by atoms with Crippen molar-refractivity contribution < 1.29 is 14.0 Å². The largest absolute Gasteiger partial charge is 0.467 e. The molecule has 0 radical (unpaired) electrons. The Balaban J connectivity index is 1.57. The number of furan rings is 1. The summed E-state index contributed by atoms with van der Waals surface area (Å²) in [4.78, 5) is 33.4. The van der Waals surface area contributed by atoms with E-state index in [4.69, 9.17) is 4.42 Å². The van der Waals surface area contributed by atoms with E-state index in [0.29, 0.717) is 22.5 Å². The van der Waals surface area contributed by atoms with Crippen molar-refractivity contribution in [1.82, 2.24) is 25.3 Å². The van der Waals surface area contributed by atoms with Gasteiger partial charge in [-0.05, 0) is 79.1 Å². The summed E-state index contributed by atoms with van der Waals surface area (Å²) in [5, 5.41) is 11.3. The monoisotopic (exact) mass is 494 g/mol. The van der Waals surface area contributed by atoms with Crippen molar-refractivity contribution >= 4 is 28.5 Å². The van der Waals surface area contributed by atoms with E-state index in [0.717, 1.165) is 16.6 Å². The topological polar surface area (TPSA) is 106 Å². The number of amides is 2. The summed E-state index contributed by atoms with van der Waals surface area (Å²) in [5.41, 5.74) is 4.62. The molecule has 1 N–H and O–H groups in total. The number of pyridine rings is 1. The van der Waals surface area contributed by atoms with Gasteiger partial charge in [0, 0.05) is 18.1 Å². The minimum Gasteiger partial charge on any atom is -0.467 e. The molecule has 2 aromatic carbocycles. The molecule has 0 saturated heterocycles. The lowest BCUT2D eigenvalue weighted by Crippen LogP contribution is -2.45. The van der Waals surface area contributed by atoms with Crippen molar-refractivity contribution in [2.45, 2.75) is 33.0 Å². The van der Waals surface area contributed by atoms with E-state index in [1.54, 1.807) is 47.6 Å². The number of fused-ring (bicyclic) bond motifs is 1. The second-order valence-corrected chi connectivity index (χ2v) is 8.83. The Morgan fingerprint density at radius 3 is 2.49 bits per heavy atom. The molecule has 0 aliphatic carbocycles. The van der Waals surface area contributed by atoms with E-state index in [9.17, 15) is 9.59 Å². The first-order valence-electron chi connectivity index (χ1n) is 11.9. The van der Waals surface area contributed by atoms with Gasteiger partial charge in [-0.25, -0.2) is 4.68 Å². The Kier molecular flexibility index (Phi) is 6.76. The molecule has 0 aliphatic heterocycles. The van der Waals surface area contributed by atoms with E-state index in [1.165, 1.54) is 4.90 Å². The standard InChI is InChI=1S/C28H26N6O3/c1-19-14-20(2)16-22(15-19)34(26(35)18-33-25-8-4-3-7-24(25)31-32-33)27(21-9-11-29-12-10-21)28(36)30-17-23-6-5-13-37-23/h3-16,27H,17-18H2,1-2H3,(H,30,36)/t27-/m0/s1. The van der Waals surface area contributed by atoms with Gasteiger partial charge in [0.15, 0.2) is 0 Å². The molecule has 9 heteroatoms. The number of benzene rings is 2. The number of aryl methyl sites for hydroxylation is 2. The minimum atomic E-state index is -0.957. The van der Waals surface area contributed by atoms with E-state index in [-0.39, 0.29) is 24.9 Å². The summed E-state index contributed by atoms with van der Waals surface area (Å²) in [5.74, 6) is -0.0469. The molecule has 5 rings (SSSR count). The van der Waals surface area contributed by atoms with Crippen LogP contribution in [0.25, 0.3) is 11.0 Å². The predicted molar refractivity (Wildman–Crippen MR) is 138 cm³/mol. The van der Waals surface area contributed by atoms with Crippen LogP contribution in [0.3, 0.4) is 0 Å². The molecular weight excluding hydrogens is 468 g/mol. The van der Waals surface area contributed by atoms with E-state index in [1.807, 2.05) is 56.3 Å². The molecule has 0 fully saturated rings. The quantitative estimate of drug-likeness (QED) is 0.348. The molecule has 0 spiro atoms. The second-order valence-electron chi connectivity index (χ2n) is 8.83. The highest BCUT2D eigenvalue weighted by atomic mass is 16.3. The SMILES string of the molecule is Cc1cc(C)cc(N(C(=O)Cn2nnc3ccccc32)[C@H](C(=O)NCc2ccco2)c2ccncc2)c1. The van der Waals surface area contributed by atoms with E-state index >= 15 is 0 Å². The van der Waals surface area contributed by atoms with Gasteiger partial charge in [-0.2, -0.15) is 0 Å². The molecular formula is C28H26N6O3. The van der Waals surface area contributed by atoms with Crippen molar-refractivity contribution in [2.24, 2.45) is 0 Å². The zero-order valence-corrected chi connectivity index (χ0v) is 20.5. The lowest BCUT2D eigenvalue weighted by atomic mass is 10.0. The number of nitrogens with one attached hydrogen (secondary N) is 1. The number of nitrogens with zero attached hydrogens (tertiary/aromatic N) is 5. The van der Waals surface area contributed by atoms with Crippen LogP contribution in [0.4, 0.5) is 5.69 Å². The third-order valence-electron chi connectivity index (χ3n) is 6.00. The summed E-state index contributed by atoms with van der Waals surface area (Å²) in [7, 11) is 0. The first-order chi connectivity index (χ1) is 18.0. The molecule has 2 amide bonds. The number of rotatable bonds is 8. The zero-order chi connectivity index (χ0) is 25.8. The second kappa shape index (κ2) is 10.4. The molecule has 37 heavy (non-hydrogen) atoms. The molecule has 0 aliphatic rings. The van der Waals surface area contributed by atoms with Crippen molar-refractivity contribution in [1.29, 1.82) is 0 Å². The highest BCUT2D eigenvalue weighted by Gasteiger charge is 2.33. The van der Waals surface area contributed by atoms with Crippen molar-refractivity contribution in [3.8, 4) is 0 Å². The average Bonchev–Trinajstić information content (AvgIpc) is 3.56. The summed E-state index contributed by atoms with van der Waals surface area (Å²) in [6.07, 6.45) is 4.77. The van der Waals surface area contributed by atoms with Crippen LogP contribution in [0.5, 0.6) is 0 Å². The average molecular weight is 495 g/mol. The Labute approximate surface area is 213 Å². The van der Waals surface area contributed by atoms with Crippen LogP contribution in [0.1, 0.15) is 28.5 Å². The number of carbonyl (C=O) groups is 2. The summed E-state index contributed by atoms with van der Waals surface area (Å²) < 4.78 is 6.93. The molecule has 3 aromatic heterocycles. The summed E-state index contributed by atoms with van der Waals surface area (Å²) in [6, 6.07) is 19.3. The van der Waals surface area contributed by atoms with Crippen molar-refractivity contribution in [2.75, 3.05) is 4.90 Å². The first-order valence-corrected chi connectivity index (χ1v) is 11.9. The number of carbonyl (C=O) groups excluding carboxylic acids is 2. The lowest BCUT2D eigenvalue weighted by molar-refractivity contribution is -0.127. The lowest BCUT2D eigenvalue weighted by Gasteiger charge is -2.32. The van der Waals surface area contributed by atoms with Crippen LogP contribution in [-0.4, -0.2) is 31.8 Å². The van der Waals surface area contributed by atoms with Crippen molar-refractivity contribution in [3.05, 3.63) is 108 Å². The molecule has 1 atom stereocenters. The van der Waals surface area contributed by atoms with Crippen LogP contribution < -0.4 is 10.2 Å².